The van der Waals surface area contributed by atoms with Gasteiger partial charge in [-0.2, -0.15) is 4.39 Å². The summed E-state index contributed by atoms with van der Waals surface area (Å²) in [4.78, 5) is 11.9. The lowest BCUT2D eigenvalue weighted by Gasteiger charge is -2.29. The second kappa shape index (κ2) is 13.9. The SMILES string of the molecule is CCCC[P+](CCCC)(CCCC)C(F)C(=O)OCC.[Br-]. The lowest BCUT2D eigenvalue weighted by atomic mass is 10.4. The second-order valence-corrected chi connectivity index (χ2v) is 9.77. The minimum Gasteiger partial charge on any atom is -1.00 e. The summed E-state index contributed by atoms with van der Waals surface area (Å²) in [5, 5.41) is 0. The van der Waals surface area contributed by atoms with Gasteiger partial charge < -0.3 is 21.7 Å². The Hall–Kier alpha value is 0.310. The van der Waals surface area contributed by atoms with Gasteiger partial charge in [-0.25, -0.2) is 4.79 Å². The summed E-state index contributed by atoms with van der Waals surface area (Å²) >= 11 is 0. The molecule has 1 atom stereocenters. The second-order valence-electron chi connectivity index (χ2n) is 5.54. The van der Waals surface area contributed by atoms with Crippen LogP contribution in [0.15, 0.2) is 0 Å². The Kier molecular flexibility index (Phi) is 15.6. The van der Waals surface area contributed by atoms with Gasteiger partial charge in [0.05, 0.1) is 32.4 Å². The first-order valence-electron chi connectivity index (χ1n) is 8.24. The zero-order chi connectivity index (χ0) is 15.4. The van der Waals surface area contributed by atoms with Gasteiger partial charge in [-0.1, -0.05) is 40.0 Å². The first-order chi connectivity index (χ1) is 9.57. The van der Waals surface area contributed by atoms with Gasteiger partial charge in [0.15, 0.2) is 0 Å². The van der Waals surface area contributed by atoms with Gasteiger partial charge in [-0.05, 0) is 26.2 Å². The molecule has 5 heteroatoms. The third-order valence-electron chi connectivity index (χ3n) is 3.83. The third kappa shape index (κ3) is 8.50. The monoisotopic (exact) mass is 386 g/mol. The van der Waals surface area contributed by atoms with Crippen LogP contribution in [0.2, 0.25) is 0 Å². The number of alkyl halides is 1. The Morgan fingerprint density at radius 1 is 0.952 bits per heavy atom. The van der Waals surface area contributed by atoms with Crippen molar-refractivity contribution in [3.63, 3.8) is 0 Å². The number of hydrogen-bond donors (Lipinski definition) is 0. The van der Waals surface area contributed by atoms with E-state index >= 15 is 0 Å². The van der Waals surface area contributed by atoms with Crippen molar-refractivity contribution in [2.24, 2.45) is 0 Å². The molecule has 1 unspecified atom stereocenters. The fraction of sp³-hybridized carbons (Fsp3) is 0.938. The number of hydrogen-bond acceptors (Lipinski definition) is 2. The van der Waals surface area contributed by atoms with E-state index in [-0.39, 0.29) is 23.6 Å². The van der Waals surface area contributed by atoms with Crippen LogP contribution in [-0.2, 0) is 9.53 Å². The Morgan fingerprint density at radius 2 is 1.33 bits per heavy atom. The molecule has 0 radical (unpaired) electrons. The third-order valence-corrected chi connectivity index (χ3v) is 8.63. The van der Waals surface area contributed by atoms with E-state index in [0.717, 1.165) is 57.0 Å². The topological polar surface area (TPSA) is 26.3 Å². The highest BCUT2D eigenvalue weighted by Gasteiger charge is 2.49. The molecule has 0 aliphatic rings. The summed E-state index contributed by atoms with van der Waals surface area (Å²) in [6, 6.07) is 0. The first kappa shape index (κ1) is 23.6. The van der Waals surface area contributed by atoms with Crippen molar-refractivity contribution in [2.45, 2.75) is 72.1 Å². The summed E-state index contributed by atoms with van der Waals surface area (Å²) in [6.07, 6.45) is 9.00. The summed E-state index contributed by atoms with van der Waals surface area (Å²) in [5.41, 5.74) is 0. The number of unbranched alkanes of at least 4 members (excludes halogenated alkanes) is 3. The molecule has 128 valence electrons. The maximum absolute atomic E-state index is 14.8. The van der Waals surface area contributed by atoms with E-state index < -0.39 is 19.1 Å². The van der Waals surface area contributed by atoms with E-state index in [1.165, 1.54) is 0 Å². The number of ether oxygens (including phenoxy) is 1. The van der Waals surface area contributed by atoms with E-state index in [0.29, 0.717) is 0 Å². The zero-order valence-corrected chi connectivity index (χ0v) is 16.6. The van der Waals surface area contributed by atoms with Gasteiger partial charge >= 0.3 is 5.97 Å². The van der Waals surface area contributed by atoms with Crippen LogP contribution in [-0.4, -0.2) is 37.0 Å². The molecule has 0 amide bonds. The summed E-state index contributed by atoms with van der Waals surface area (Å²) < 4.78 is 19.8. The smallest absolute Gasteiger partial charge is 0.379 e. The van der Waals surface area contributed by atoms with Crippen LogP contribution in [0, 0.1) is 0 Å². The standard InChI is InChI=1S/C16H33FO2P.BrH/c1-5-9-12-20(13-10-6-2,14-11-7-3)15(17)16(18)19-8-4;/h15H,5-14H2,1-4H3;1H/q+1;/p-1. The van der Waals surface area contributed by atoms with Crippen molar-refractivity contribution >= 4 is 13.2 Å². The van der Waals surface area contributed by atoms with E-state index in [2.05, 4.69) is 20.8 Å². The Balaban J connectivity index is 0. The molecule has 0 N–H and O–H groups in total. The highest BCUT2D eigenvalue weighted by Crippen LogP contribution is 2.65. The summed E-state index contributed by atoms with van der Waals surface area (Å²) in [7, 11) is -1.86. The van der Waals surface area contributed by atoms with Crippen molar-refractivity contribution in [1.29, 1.82) is 0 Å². The van der Waals surface area contributed by atoms with Crippen LogP contribution in [0.5, 0.6) is 0 Å². The van der Waals surface area contributed by atoms with Gasteiger partial charge in [0.25, 0.3) is 5.91 Å². The average Bonchev–Trinajstić information content (AvgIpc) is 2.46. The van der Waals surface area contributed by atoms with Crippen LogP contribution in [0.3, 0.4) is 0 Å². The molecule has 2 nitrogen and oxygen atoms in total. The Morgan fingerprint density at radius 3 is 1.62 bits per heavy atom. The average molecular weight is 387 g/mol. The van der Waals surface area contributed by atoms with Crippen molar-refractivity contribution in [2.75, 3.05) is 25.1 Å². The molecular formula is C16H33BrFO2P. The number of halogens is 2. The fourth-order valence-electron chi connectivity index (χ4n) is 2.53. The molecule has 0 spiro atoms. The van der Waals surface area contributed by atoms with Crippen molar-refractivity contribution in [1.82, 2.24) is 0 Å². The lowest BCUT2D eigenvalue weighted by molar-refractivity contribution is -0.145. The van der Waals surface area contributed by atoms with Crippen molar-refractivity contribution in [3.8, 4) is 0 Å². The summed E-state index contributed by atoms with van der Waals surface area (Å²) in [5.74, 6) is -1.96. The molecule has 0 aliphatic carbocycles. The van der Waals surface area contributed by atoms with Crippen molar-refractivity contribution < 1.29 is 30.9 Å². The van der Waals surface area contributed by atoms with Crippen LogP contribution in [0.4, 0.5) is 4.39 Å². The quantitative estimate of drug-likeness (QED) is 0.379. The number of carbonyl (C=O) groups is 1. The molecular weight excluding hydrogens is 354 g/mol. The molecule has 0 aromatic carbocycles. The van der Waals surface area contributed by atoms with Gasteiger partial charge in [-0.3, -0.25) is 0 Å². The van der Waals surface area contributed by atoms with E-state index in [9.17, 15) is 9.18 Å². The predicted molar refractivity (Wildman–Crippen MR) is 87.8 cm³/mol. The molecule has 0 aromatic rings. The molecule has 0 bridgehead atoms. The number of carbonyl (C=O) groups excluding carboxylic acids is 1. The molecule has 0 heterocycles. The Bertz CT molecular complexity index is 243. The Labute approximate surface area is 141 Å². The van der Waals surface area contributed by atoms with E-state index in [4.69, 9.17) is 4.74 Å². The highest BCUT2D eigenvalue weighted by atomic mass is 79.9. The molecule has 0 saturated heterocycles. The molecule has 0 aromatic heterocycles. The largest absolute Gasteiger partial charge is 1.00 e. The lowest BCUT2D eigenvalue weighted by Crippen LogP contribution is -3.00. The normalized spacial score (nSPS) is 12.6. The minimum absolute atomic E-state index is 0. The van der Waals surface area contributed by atoms with Crippen LogP contribution >= 0.6 is 7.26 Å². The van der Waals surface area contributed by atoms with E-state index in [1.54, 1.807) is 6.92 Å². The van der Waals surface area contributed by atoms with Gasteiger partial charge in [0.1, 0.15) is 0 Å². The van der Waals surface area contributed by atoms with Crippen LogP contribution in [0.1, 0.15) is 66.2 Å². The maximum Gasteiger partial charge on any atom is 0.379 e. The predicted octanol–water partition coefficient (Wildman–Crippen LogP) is 2.27. The minimum atomic E-state index is -1.86. The summed E-state index contributed by atoms with van der Waals surface area (Å²) in [6.45, 7) is 8.41. The van der Waals surface area contributed by atoms with Crippen molar-refractivity contribution in [3.05, 3.63) is 0 Å². The molecule has 0 aliphatic heterocycles. The fourth-order valence-corrected chi connectivity index (χ4v) is 7.24. The first-order valence-corrected chi connectivity index (χ1v) is 10.7. The highest BCUT2D eigenvalue weighted by molar-refractivity contribution is 7.77. The molecule has 0 fully saturated rings. The van der Waals surface area contributed by atoms with Crippen LogP contribution < -0.4 is 17.0 Å². The zero-order valence-electron chi connectivity index (χ0n) is 14.2. The van der Waals surface area contributed by atoms with Gasteiger partial charge in [0.2, 0.25) is 0 Å². The number of esters is 1. The molecule has 21 heavy (non-hydrogen) atoms. The van der Waals surface area contributed by atoms with E-state index in [1.807, 2.05) is 0 Å². The van der Waals surface area contributed by atoms with Crippen LogP contribution in [0.25, 0.3) is 0 Å². The van der Waals surface area contributed by atoms with Gasteiger partial charge in [0, 0.05) is 0 Å². The molecule has 0 rings (SSSR count). The maximum atomic E-state index is 14.8. The molecule has 0 saturated carbocycles. The number of rotatable bonds is 12. The van der Waals surface area contributed by atoms with Gasteiger partial charge in [-0.15, -0.1) is 0 Å².